The number of amides is 1. The zero-order valence-corrected chi connectivity index (χ0v) is 14.1. The Morgan fingerprint density at radius 3 is 2.85 bits per heavy atom. The van der Waals surface area contributed by atoms with E-state index in [-0.39, 0.29) is 12.3 Å². The number of aromatic nitrogens is 4. The molecule has 2 heterocycles. The first-order valence-corrected chi connectivity index (χ1v) is 8.24. The monoisotopic (exact) mass is 362 g/mol. The Balaban J connectivity index is 1.44. The number of H-pyrrole nitrogens is 1. The lowest BCUT2D eigenvalue weighted by molar-refractivity contribution is -0.115. The molecule has 0 aliphatic rings. The summed E-state index contributed by atoms with van der Waals surface area (Å²) in [4.78, 5) is 20.6. The van der Waals surface area contributed by atoms with Gasteiger partial charge in [-0.1, -0.05) is 18.2 Å². The molecule has 7 nitrogen and oxygen atoms in total. The summed E-state index contributed by atoms with van der Waals surface area (Å²) in [6, 6.07) is 15.1. The number of hydrogen-bond acceptors (Lipinski definition) is 5. The standard InChI is InChI=1S/C19H15FN6O/c20-12-4-3-5-13(8-12)23-18(27)10-14-9-17(26-25-14)24-19-15-6-1-2-7-16(15)21-11-22-19/h1-9,11H,10H2,(H,23,27)(H2,21,22,24,25,26). The molecule has 27 heavy (non-hydrogen) atoms. The summed E-state index contributed by atoms with van der Waals surface area (Å²) >= 11 is 0. The average molecular weight is 362 g/mol. The quantitative estimate of drug-likeness (QED) is 0.506. The zero-order valence-electron chi connectivity index (χ0n) is 14.1. The van der Waals surface area contributed by atoms with Crippen LogP contribution in [0.4, 0.5) is 21.7 Å². The SMILES string of the molecule is O=C(Cc1cc(Nc2ncnc3ccccc23)n[nH]1)Nc1cccc(F)c1. The third-order valence-electron chi connectivity index (χ3n) is 3.88. The maximum atomic E-state index is 13.2. The summed E-state index contributed by atoms with van der Waals surface area (Å²) in [5.74, 6) is 0.483. The molecule has 0 unspecified atom stereocenters. The normalized spacial score (nSPS) is 10.7. The number of halogens is 1. The Morgan fingerprint density at radius 2 is 1.96 bits per heavy atom. The number of aromatic amines is 1. The van der Waals surface area contributed by atoms with Crippen molar-refractivity contribution in [1.82, 2.24) is 20.2 Å². The van der Waals surface area contributed by atoms with Crippen LogP contribution in [0, 0.1) is 5.82 Å². The fourth-order valence-corrected chi connectivity index (χ4v) is 2.69. The maximum absolute atomic E-state index is 13.2. The van der Waals surface area contributed by atoms with E-state index < -0.39 is 5.82 Å². The van der Waals surface area contributed by atoms with Crippen molar-refractivity contribution in [2.45, 2.75) is 6.42 Å². The highest BCUT2D eigenvalue weighted by Gasteiger charge is 2.10. The number of benzene rings is 2. The van der Waals surface area contributed by atoms with Crippen molar-refractivity contribution in [1.29, 1.82) is 0 Å². The van der Waals surface area contributed by atoms with E-state index in [2.05, 4.69) is 30.8 Å². The fourth-order valence-electron chi connectivity index (χ4n) is 2.69. The minimum atomic E-state index is -0.405. The summed E-state index contributed by atoms with van der Waals surface area (Å²) in [6.07, 6.45) is 1.56. The van der Waals surface area contributed by atoms with Crippen LogP contribution in [0.3, 0.4) is 0 Å². The molecule has 0 saturated carbocycles. The first kappa shape index (κ1) is 16.6. The van der Waals surface area contributed by atoms with Crippen molar-refractivity contribution >= 4 is 34.1 Å². The maximum Gasteiger partial charge on any atom is 0.230 e. The number of hydrogen-bond donors (Lipinski definition) is 3. The van der Waals surface area contributed by atoms with Crippen LogP contribution in [0.25, 0.3) is 10.9 Å². The predicted octanol–water partition coefficient (Wildman–Crippen LogP) is 3.42. The van der Waals surface area contributed by atoms with Crippen LogP contribution >= 0.6 is 0 Å². The number of para-hydroxylation sites is 1. The second kappa shape index (κ2) is 7.20. The molecule has 3 N–H and O–H groups in total. The molecule has 0 bridgehead atoms. The van der Waals surface area contributed by atoms with E-state index in [4.69, 9.17) is 0 Å². The lowest BCUT2D eigenvalue weighted by atomic mass is 10.2. The number of nitrogens with one attached hydrogen (secondary N) is 3. The molecule has 4 aromatic rings. The minimum Gasteiger partial charge on any atom is -0.326 e. The van der Waals surface area contributed by atoms with Crippen LogP contribution in [0.2, 0.25) is 0 Å². The van der Waals surface area contributed by atoms with Gasteiger partial charge in [0.2, 0.25) is 5.91 Å². The highest BCUT2D eigenvalue weighted by atomic mass is 19.1. The van der Waals surface area contributed by atoms with Crippen molar-refractivity contribution < 1.29 is 9.18 Å². The minimum absolute atomic E-state index is 0.0791. The van der Waals surface area contributed by atoms with E-state index in [1.54, 1.807) is 12.1 Å². The van der Waals surface area contributed by atoms with Gasteiger partial charge < -0.3 is 10.6 Å². The van der Waals surface area contributed by atoms with Crippen LogP contribution < -0.4 is 10.6 Å². The first-order valence-electron chi connectivity index (χ1n) is 8.24. The largest absolute Gasteiger partial charge is 0.326 e. The first-order chi connectivity index (χ1) is 13.2. The molecule has 1 amide bonds. The summed E-state index contributed by atoms with van der Waals surface area (Å²) in [5.41, 5.74) is 1.84. The summed E-state index contributed by atoms with van der Waals surface area (Å²) in [6.45, 7) is 0. The molecule has 0 saturated heterocycles. The van der Waals surface area contributed by atoms with E-state index in [0.717, 1.165) is 10.9 Å². The molecule has 0 aliphatic carbocycles. The molecule has 8 heteroatoms. The molecular formula is C19H15FN6O. The van der Waals surface area contributed by atoms with Gasteiger partial charge in [0.25, 0.3) is 0 Å². The van der Waals surface area contributed by atoms with E-state index in [9.17, 15) is 9.18 Å². The zero-order chi connectivity index (χ0) is 18.6. The van der Waals surface area contributed by atoms with Gasteiger partial charge in [-0.25, -0.2) is 14.4 Å². The Kier molecular flexibility index (Phi) is 4.44. The van der Waals surface area contributed by atoms with Crippen LogP contribution in [0.1, 0.15) is 5.69 Å². The van der Waals surface area contributed by atoms with Crippen molar-refractivity contribution in [2.75, 3.05) is 10.6 Å². The number of fused-ring (bicyclic) bond motifs is 1. The molecule has 134 valence electrons. The molecule has 0 atom stereocenters. The lowest BCUT2D eigenvalue weighted by Crippen LogP contribution is -2.14. The van der Waals surface area contributed by atoms with Crippen molar-refractivity contribution in [3.8, 4) is 0 Å². The summed E-state index contributed by atoms with van der Waals surface area (Å²) in [5, 5.41) is 13.6. The van der Waals surface area contributed by atoms with Crippen molar-refractivity contribution in [3.05, 3.63) is 72.4 Å². The van der Waals surface area contributed by atoms with Crippen LogP contribution in [-0.4, -0.2) is 26.1 Å². The number of carbonyl (C=O) groups excluding carboxylic acids is 1. The van der Waals surface area contributed by atoms with Crippen LogP contribution in [0.15, 0.2) is 60.9 Å². The number of nitrogens with zero attached hydrogens (tertiary/aromatic N) is 3. The van der Waals surface area contributed by atoms with Gasteiger partial charge in [-0.15, -0.1) is 0 Å². The predicted molar refractivity (Wildman–Crippen MR) is 100 cm³/mol. The van der Waals surface area contributed by atoms with Crippen molar-refractivity contribution in [3.63, 3.8) is 0 Å². The molecule has 0 radical (unpaired) electrons. The van der Waals surface area contributed by atoms with Gasteiger partial charge in [0.15, 0.2) is 5.82 Å². The second-order valence-electron chi connectivity index (χ2n) is 5.88. The highest BCUT2D eigenvalue weighted by Crippen LogP contribution is 2.22. The van der Waals surface area contributed by atoms with Gasteiger partial charge in [-0.05, 0) is 30.3 Å². The lowest BCUT2D eigenvalue weighted by Gasteiger charge is -2.05. The number of anilines is 3. The smallest absolute Gasteiger partial charge is 0.230 e. The highest BCUT2D eigenvalue weighted by molar-refractivity contribution is 5.92. The third kappa shape index (κ3) is 3.90. The molecule has 0 aliphatic heterocycles. The fraction of sp³-hybridized carbons (Fsp3) is 0.0526. The Bertz CT molecular complexity index is 1100. The molecule has 2 aromatic carbocycles. The average Bonchev–Trinajstić information content (AvgIpc) is 3.09. The Morgan fingerprint density at radius 1 is 1.07 bits per heavy atom. The van der Waals surface area contributed by atoms with E-state index in [1.165, 1.54) is 24.5 Å². The van der Waals surface area contributed by atoms with Crippen LogP contribution in [-0.2, 0) is 11.2 Å². The van der Waals surface area contributed by atoms with E-state index in [0.29, 0.717) is 23.0 Å². The van der Waals surface area contributed by atoms with E-state index >= 15 is 0 Å². The molecule has 0 spiro atoms. The summed E-state index contributed by atoms with van der Waals surface area (Å²) in [7, 11) is 0. The Hall–Kier alpha value is -3.81. The second-order valence-corrected chi connectivity index (χ2v) is 5.88. The van der Waals surface area contributed by atoms with Gasteiger partial charge >= 0.3 is 0 Å². The van der Waals surface area contributed by atoms with Gasteiger partial charge in [0.05, 0.1) is 11.9 Å². The molecule has 0 fully saturated rings. The van der Waals surface area contributed by atoms with E-state index in [1.807, 2.05) is 24.3 Å². The van der Waals surface area contributed by atoms with Crippen molar-refractivity contribution in [2.24, 2.45) is 0 Å². The molecule has 4 rings (SSSR count). The molecular weight excluding hydrogens is 347 g/mol. The summed E-state index contributed by atoms with van der Waals surface area (Å²) < 4.78 is 13.2. The van der Waals surface area contributed by atoms with Crippen LogP contribution in [0.5, 0.6) is 0 Å². The van der Waals surface area contributed by atoms with Gasteiger partial charge in [0.1, 0.15) is 18.0 Å². The number of carbonyl (C=O) groups is 1. The van der Waals surface area contributed by atoms with Gasteiger partial charge in [-0.2, -0.15) is 5.10 Å². The topological polar surface area (TPSA) is 95.6 Å². The number of rotatable bonds is 5. The van der Waals surface area contributed by atoms with Gasteiger partial charge in [-0.3, -0.25) is 9.89 Å². The Labute approximate surface area is 153 Å². The third-order valence-corrected chi connectivity index (χ3v) is 3.88. The molecule has 2 aromatic heterocycles. The van der Waals surface area contributed by atoms with Gasteiger partial charge in [0, 0.05) is 22.8 Å².